The molecule has 3 N–H and O–H groups in total. The number of carbonyl (C=O) groups is 1. The number of hydrogen-bond acceptors (Lipinski definition) is 3. The molecule has 0 radical (unpaired) electrons. The number of halogens is 1. The number of carbonyl (C=O) groups excluding carboxylic acids is 1. The van der Waals surface area contributed by atoms with Gasteiger partial charge in [-0.2, -0.15) is 0 Å². The first-order valence-corrected chi connectivity index (χ1v) is 6.46. The van der Waals surface area contributed by atoms with Crippen molar-refractivity contribution in [2.24, 2.45) is 0 Å². The first-order chi connectivity index (χ1) is 8.06. The molecule has 17 heavy (non-hydrogen) atoms. The van der Waals surface area contributed by atoms with Gasteiger partial charge in [0, 0.05) is 10.9 Å². The maximum atomic E-state index is 13.2. The molecule has 0 aliphatic heterocycles. The first kappa shape index (κ1) is 12.2. The van der Waals surface area contributed by atoms with Gasteiger partial charge in [-0.05, 0) is 38.0 Å². The van der Waals surface area contributed by atoms with Crippen molar-refractivity contribution in [3.05, 3.63) is 24.0 Å². The third-order valence-electron chi connectivity index (χ3n) is 2.58. The fourth-order valence-electron chi connectivity index (χ4n) is 1.39. The summed E-state index contributed by atoms with van der Waals surface area (Å²) in [5, 5.41) is 2.70. The van der Waals surface area contributed by atoms with E-state index in [4.69, 9.17) is 5.73 Å². The third-order valence-corrected chi connectivity index (χ3v) is 3.67. The summed E-state index contributed by atoms with van der Waals surface area (Å²) >= 11 is 1.34. The minimum atomic E-state index is -0.440. The molecule has 1 aromatic carbocycles. The largest absolute Gasteiger partial charge is 0.396 e. The average Bonchev–Trinajstić information content (AvgIpc) is 3.07. The maximum absolute atomic E-state index is 13.2. The zero-order chi connectivity index (χ0) is 12.4. The van der Waals surface area contributed by atoms with Crippen molar-refractivity contribution >= 4 is 23.4 Å². The summed E-state index contributed by atoms with van der Waals surface area (Å²) in [5.41, 5.74) is 5.52. The van der Waals surface area contributed by atoms with Crippen LogP contribution in [0.4, 0.5) is 10.1 Å². The molecular formula is C12H15FN2OS. The lowest BCUT2D eigenvalue weighted by Crippen LogP contribution is -2.32. The normalized spacial score (nSPS) is 16.6. The predicted molar refractivity (Wildman–Crippen MR) is 67.3 cm³/mol. The summed E-state index contributed by atoms with van der Waals surface area (Å²) in [7, 11) is 0. The lowest BCUT2D eigenvalue weighted by atomic mass is 10.3. The second-order valence-electron chi connectivity index (χ2n) is 4.23. The molecule has 3 nitrogen and oxygen atoms in total. The number of anilines is 1. The number of benzene rings is 1. The molecule has 1 aliphatic rings. The Labute approximate surface area is 104 Å². The topological polar surface area (TPSA) is 55.1 Å². The van der Waals surface area contributed by atoms with Crippen molar-refractivity contribution in [1.29, 1.82) is 0 Å². The molecular weight excluding hydrogens is 239 g/mol. The molecule has 1 amide bonds. The highest BCUT2D eigenvalue weighted by atomic mass is 32.2. The van der Waals surface area contributed by atoms with Crippen LogP contribution in [0.1, 0.15) is 19.8 Å². The van der Waals surface area contributed by atoms with Gasteiger partial charge in [0.25, 0.3) is 0 Å². The van der Waals surface area contributed by atoms with Gasteiger partial charge < -0.3 is 11.1 Å². The van der Waals surface area contributed by atoms with E-state index >= 15 is 0 Å². The zero-order valence-corrected chi connectivity index (χ0v) is 10.4. The number of hydrogen-bond donors (Lipinski definition) is 2. The van der Waals surface area contributed by atoms with Crippen molar-refractivity contribution in [3.63, 3.8) is 0 Å². The van der Waals surface area contributed by atoms with Gasteiger partial charge in [0.2, 0.25) is 5.91 Å². The Morgan fingerprint density at radius 2 is 2.29 bits per heavy atom. The Morgan fingerprint density at radius 1 is 1.59 bits per heavy atom. The Kier molecular flexibility index (Phi) is 3.57. The quantitative estimate of drug-likeness (QED) is 0.639. The molecule has 1 fully saturated rings. The summed E-state index contributed by atoms with van der Waals surface area (Å²) in [6.45, 7) is 1.82. The second-order valence-corrected chi connectivity index (χ2v) is 5.64. The summed E-state index contributed by atoms with van der Waals surface area (Å²) in [6.07, 6.45) is 2.14. The van der Waals surface area contributed by atoms with E-state index in [1.54, 1.807) is 6.07 Å². The number of nitrogen functional groups attached to an aromatic ring is 1. The smallest absolute Gasteiger partial charge is 0.233 e. The van der Waals surface area contributed by atoms with Gasteiger partial charge in [-0.25, -0.2) is 4.39 Å². The Balaban J connectivity index is 1.94. The Bertz CT molecular complexity index is 435. The lowest BCUT2D eigenvalue weighted by Gasteiger charge is -2.11. The standard InChI is InChI=1S/C12H15FN2OS/c1-7(12(16)15-8-2-3-8)17-9-4-5-11(14)10(13)6-9/h4-8H,2-3,14H2,1H3,(H,15,16). The number of nitrogens with one attached hydrogen (secondary N) is 1. The fourth-order valence-corrected chi connectivity index (χ4v) is 2.29. The lowest BCUT2D eigenvalue weighted by molar-refractivity contribution is -0.120. The van der Waals surface area contributed by atoms with Crippen LogP contribution in [0, 0.1) is 5.82 Å². The highest BCUT2D eigenvalue weighted by Gasteiger charge is 2.25. The molecule has 2 rings (SSSR count). The molecule has 0 bridgehead atoms. The minimum absolute atomic E-state index is 0.00901. The van der Waals surface area contributed by atoms with Gasteiger partial charge in [-0.15, -0.1) is 11.8 Å². The summed E-state index contributed by atoms with van der Waals surface area (Å²) in [4.78, 5) is 12.4. The van der Waals surface area contributed by atoms with Gasteiger partial charge in [-0.1, -0.05) is 0 Å². The fraction of sp³-hybridized carbons (Fsp3) is 0.417. The van der Waals surface area contributed by atoms with Crippen LogP contribution in [0.2, 0.25) is 0 Å². The molecule has 0 saturated heterocycles. The number of amides is 1. The Hall–Kier alpha value is -1.23. The van der Waals surface area contributed by atoms with E-state index < -0.39 is 5.82 Å². The molecule has 0 spiro atoms. The minimum Gasteiger partial charge on any atom is -0.396 e. The third kappa shape index (κ3) is 3.36. The first-order valence-electron chi connectivity index (χ1n) is 5.58. The molecule has 1 aliphatic carbocycles. The average molecular weight is 254 g/mol. The highest BCUT2D eigenvalue weighted by Crippen LogP contribution is 2.27. The van der Waals surface area contributed by atoms with E-state index in [1.807, 2.05) is 6.92 Å². The number of thioether (sulfide) groups is 1. The second kappa shape index (κ2) is 4.96. The summed E-state index contributed by atoms with van der Waals surface area (Å²) < 4.78 is 13.2. The maximum Gasteiger partial charge on any atom is 0.233 e. The van der Waals surface area contributed by atoms with Crippen LogP contribution in [0.25, 0.3) is 0 Å². The van der Waals surface area contributed by atoms with E-state index in [1.165, 1.54) is 23.9 Å². The molecule has 1 atom stereocenters. The van der Waals surface area contributed by atoms with Crippen molar-refractivity contribution in [3.8, 4) is 0 Å². The molecule has 1 saturated carbocycles. The molecule has 5 heteroatoms. The van der Waals surface area contributed by atoms with Gasteiger partial charge in [0.05, 0.1) is 10.9 Å². The van der Waals surface area contributed by atoms with Crippen molar-refractivity contribution in [2.75, 3.05) is 5.73 Å². The van der Waals surface area contributed by atoms with Crippen LogP contribution in [-0.2, 0) is 4.79 Å². The zero-order valence-electron chi connectivity index (χ0n) is 9.57. The highest BCUT2D eigenvalue weighted by molar-refractivity contribution is 8.00. The van der Waals surface area contributed by atoms with Crippen LogP contribution >= 0.6 is 11.8 Å². The predicted octanol–water partition coefficient (Wildman–Crippen LogP) is 2.17. The monoisotopic (exact) mass is 254 g/mol. The van der Waals surface area contributed by atoms with Crippen LogP contribution < -0.4 is 11.1 Å². The molecule has 1 unspecified atom stereocenters. The van der Waals surface area contributed by atoms with Crippen molar-refractivity contribution < 1.29 is 9.18 Å². The van der Waals surface area contributed by atoms with Crippen LogP contribution in [0.5, 0.6) is 0 Å². The van der Waals surface area contributed by atoms with Crippen molar-refractivity contribution in [2.45, 2.75) is 36.0 Å². The van der Waals surface area contributed by atoms with Gasteiger partial charge >= 0.3 is 0 Å². The SMILES string of the molecule is CC(Sc1ccc(N)c(F)c1)C(=O)NC1CC1. The van der Waals surface area contributed by atoms with E-state index in [0.717, 1.165) is 17.7 Å². The van der Waals surface area contributed by atoms with E-state index in [-0.39, 0.29) is 16.8 Å². The van der Waals surface area contributed by atoms with Crippen LogP contribution in [0.3, 0.4) is 0 Å². The molecule has 0 aromatic heterocycles. The molecule has 92 valence electrons. The molecule has 1 aromatic rings. The Morgan fingerprint density at radius 3 is 2.88 bits per heavy atom. The van der Waals surface area contributed by atoms with Gasteiger partial charge in [0.1, 0.15) is 5.82 Å². The van der Waals surface area contributed by atoms with Gasteiger partial charge in [-0.3, -0.25) is 4.79 Å². The van der Waals surface area contributed by atoms with Crippen molar-refractivity contribution in [1.82, 2.24) is 5.32 Å². The van der Waals surface area contributed by atoms with E-state index in [0.29, 0.717) is 6.04 Å². The number of nitrogens with two attached hydrogens (primary N) is 1. The van der Waals surface area contributed by atoms with Crippen LogP contribution in [-0.4, -0.2) is 17.2 Å². The number of rotatable bonds is 4. The van der Waals surface area contributed by atoms with Crippen LogP contribution in [0.15, 0.2) is 23.1 Å². The van der Waals surface area contributed by atoms with Gasteiger partial charge in [0.15, 0.2) is 0 Å². The summed E-state index contributed by atoms with van der Waals surface area (Å²) in [6, 6.07) is 4.96. The molecule has 0 heterocycles. The van der Waals surface area contributed by atoms with E-state index in [9.17, 15) is 9.18 Å². The summed E-state index contributed by atoms with van der Waals surface area (Å²) in [5.74, 6) is -0.431. The van der Waals surface area contributed by atoms with E-state index in [2.05, 4.69) is 5.32 Å².